The number of rotatable bonds is 4. The third-order valence-corrected chi connectivity index (χ3v) is 10.8. The lowest BCUT2D eigenvalue weighted by Gasteiger charge is -2.43. The molecule has 3 atom stereocenters. The number of hydrogen-bond acceptors (Lipinski definition) is 3. The molecule has 5 nitrogen and oxygen atoms in total. The molecule has 0 bridgehead atoms. The molecule has 3 unspecified atom stereocenters. The van der Waals surface area contributed by atoms with E-state index < -0.39 is 5.41 Å². The van der Waals surface area contributed by atoms with E-state index in [0.717, 1.165) is 45.3 Å². The first-order valence-corrected chi connectivity index (χ1v) is 17.3. The lowest BCUT2D eigenvalue weighted by molar-refractivity contribution is 0.702. The first-order chi connectivity index (χ1) is 24.8. The summed E-state index contributed by atoms with van der Waals surface area (Å²) in [6.45, 7) is 0. The van der Waals surface area contributed by atoms with Gasteiger partial charge in [0.1, 0.15) is 17.1 Å². The van der Waals surface area contributed by atoms with Crippen LogP contribution >= 0.6 is 0 Å². The van der Waals surface area contributed by atoms with Gasteiger partial charge in [-0.2, -0.15) is 0 Å². The van der Waals surface area contributed by atoms with Crippen molar-refractivity contribution in [3.63, 3.8) is 0 Å². The van der Waals surface area contributed by atoms with Crippen molar-refractivity contribution in [1.29, 1.82) is 0 Å². The van der Waals surface area contributed by atoms with E-state index >= 15 is 0 Å². The number of para-hydroxylation sites is 7. The first kappa shape index (κ1) is 27.5. The van der Waals surface area contributed by atoms with Crippen LogP contribution in [-0.2, 0) is 5.41 Å². The number of fused-ring (bicyclic) bond motifs is 7. The minimum Gasteiger partial charge on any atom is -0.319 e. The van der Waals surface area contributed by atoms with Crippen molar-refractivity contribution in [2.24, 2.45) is 4.99 Å². The topological polar surface area (TPSA) is 38.4 Å². The van der Waals surface area contributed by atoms with Crippen LogP contribution in [0, 0.1) is 0 Å². The molecule has 5 heteroatoms. The molecule has 0 saturated carbocycles. The maximum Gasteiger partial charge on any atom is 0.140 e. The van der Waals surface area contributed by atoms with Crippen LogP contribution in [0.4, 0.5) is 5.69 Å². The van der Waals surface area contributed by atoms with E-state index in [1.165, 1.54) is 27.4 Å². The van der Waals surface area contributed by atoms with Crippen LogP contribution in [0.15, 0.2) is 181 Å². The maximum absolute atomic E-state index is 5.80. The highest BCUT2D eigenvalue weighted by molar-refractivity contribution is 6.19. The van der Waals surface area contributed by atoms with Crippen LogP contribution in [0.5, 0.6) is 0 Å². The molecule has 11 rings (SSSR count). The second-order valence-electron chi connectivity index (χ2n) is 13.3. The predicted molar refractivity (Wildman–Crippen MR) is 204 cm³/mol. The Morgan fingerprint density at radius 2 is 1.18 bits per heavy atom. The molecule has 3 aliphatic rings. The summed E-state index contributed by atoms with van der Waals surface area (Å²) in [5.74, 6) is 1.89. The first-order valence-electron chi connectivity index (χ1n) is 17.3. The summed E-state index contributed by atoms with van der Waals surface area (Å²) in [5, 5.41) is 2.46. The molecule has 50 heavy (non-hydrogen) atoms. The van der Waals surface area contributed by atoms with Crippen molar-refractivity contribution in [2.75, 3.05) is 4.90 Å². The van der Waals surface area contributed by atoms with E-state index in [1.807, 2.05) is 0 Å². The Morgan fingerprint density at radius 1 is 0.520 bits per heavy atom. The molecule has 6 aromatic carbocycles. The molecular weight excluding hydrogens is 611 g/mol. The fourth-order valence-electron chi connectivity index (χ4n) is 8.85. The molecule has 0 spiro atoms. The summed E-state index contributed by atoms with van der Waals surface area (Å²) >= 11 is 0. The van der Waals surface area contributed by atoms with Crippen molar-refractivity contribution in [2.45, 2.75) is 17.5 Å². The fourth-order valence-corrected chi connectivity index (χ4v) is 8.85. The Bertz CT molecular complexity index is 2730. The van der Waals surface area contributed by atoms with Gasteiger partial charge in [0, 0.05) is 33.3 Å². The number of benzene rings is 6. The maximum atomic E-state index is 5.80. The largest absolute Gasteiger partial charge is 0.319 e. The minimum absolute atomic E-state index is 0.0166. The highest BCUT2D eigenvalue weighted by Crippen LogP contribution is 2.54. The van der Waals surface area contributed by atoms with E-state index in [-0.39, 0.29) is 12.1 Å². The van der Waals surface area contributed by atoms with Crippen molar-refractivity contribution in [3.8, 4) is 11.4 Å². The molecule has 0 saturated heterocycles. The molecule has 236 valence electrons. The second-order valence-corrected chi connectivity index (χ2v) is 13.3. The van der Waals surface area contributed by atoms with E-state index in [2.05, 4.69) is 190 Å². The second kappa shape index (κ2) is 10.3. The van der Waals surface area contributed by atoms with Gasteiger partial charge in [-0.1, -0.05) is 127 Å². The van der Waals surface area contributed by atoms with Gasteiger partial charge in [0.2, 0.25) is 0 Å². The normalized spacial score (nSPS) is 20.4. The van der Waals surface area contributed by atoms with Crippen LogP contribution in [-0.4, -0.2) is 32.0 Å². The number of aliphatic imine (C=N–C) groups is 1. The summed E-state index contributed by atoms with van der Waals surface area (Å²) in [4.78, 5) is 14.0. The Hall–Kier alpha value is -6.46. The van der Waals surface area contributed by atoms with Gasteiger partial charge in [0.05, 0.1) is 39.8 Å². The Balaban J connectivity index is 1.38. The van der Waals surface area contributed by atoms with Crippen LogP contribution in [0.2, 0.25) is 0 Å². The number of imidazole rings is 1. The van der Waals surface area contributed by atoms with Gasteiger partial charge < -0.3 is 9.47 Å². The third kappa shape index (κ3) is 3.51. The van der Waals surface area contributed by atoms with Crippen LogP contribution in [0.3, 0.4) is 0 Å². The fraction of sp³-hybridized carbons (Fsp3) is 0.0667. The lowest BCUT2D eigenvalue weighted by atomic mass is 9.68. The number of nitrogens with zero attached hydrogens (tertiary/aromatic N) is 5. The molecule has 2 aromatic heterocycles. The minimum atomic E-state index is -0.912. The molecule has 0 fully saturated rings. The number of amidine groups is 1. The molecule has 0 amide bonds. The summed E-state index contributed by atoms with van der Waals surface area (Å²) in [5.41, 5.74) is 9.12. The van der Waals surface area contributed by atoms with Crippen molar-refractivity contribution in [3.05, 3.63) is 193 Å². The van der Waals surface area contributed by atoms with Gasteiger partial charge in [-0.3, -0.25) is 9.56 Å². The van der Waals surface area contributed by atoms with Gasteiger partial charge in [-0.25, -0.2) is 4.98 Å². The van der Waals surface area contributed by atoms with Crippen LogP contribution in [0.25, 0.3) is 44.2 Å². The summed E-state index contributed by atoms with van der Waals surface area (Å²) in [6, 6.07) is 54.4. The lowest BCUT2D eigenvalue weighted by Crippen LogP contribution is -2.52. The zero-order chi connectivity index (χ0) is 32.8. The van der Waals surface area contributed by atoms with E-state index in [4.69, 9.17) is 9.98 Å². The Kier molecular flexibility index (Phi) is 5.65. The molecule has 4 heterocycles. The number of hydrogen-bond donors (Lipinski definition) is 0. The summed E-state index contributed by atoms with van der Waals surface area (Å²) in [7, 11) is 0. The van der Waals surface area contributed by atoms with Crippen LogP contribution in [0.1, 0.15) is 17.0 Å². The van der Waals surface area contributed by atoms with Gasteiger partial charge in [-0.15, -0.1) is 0 Å². The Morgan fingerprint density at radius 3 is 2.04 bits per heavy atom. The molecule has 2 aliphatic heterocycles. The molecule has 1 aliphatic carbocycles. The zero-order valence-electron chi connectivity index (χ0n) is 27.1. The van der Waals surface area contributed by atoms with E-state index in [1.54, 1.807) is 0 Å². The molecule has 0 radical (unpaired) electrons. The monoisotopic (exact) mass is 641 g/mol. The summed E-state index contributed by atoms with van der Waals surface area (Å²) < 4.78 is 4.85. The SMILES string of the molecule is C1=CC2N=C(C3(c4nc5ccccc5n4-c4ccccc4)c4ccccc4-n4c5ccccc5c5cccc3c54)N(c3ccccc3)C2C=C1. The number of aromatic nitrogens is 3. The third-order valence-electron chi connectivity index (χ3n) is 10.8. The zero-order valence-corrected chi connectivity index (χ0v) is 27.1. The average Bonchev–Trinajstić information content (AvgIpc) is 3.87. The van der Waals surface area contributed by atoms with Crippen molar-refractivity contribution >= 4 is 44.4 Å². The van der Waals surface area contributed by atoms with Gasteiger partial charge >= 0.3 is 0 Å². The number of allylic oxidation sites excluding steroid dienone is 2. The quantitative estimate of drug-likeness (QED) is 0.192. The summed E-state index contributed by atoms with van der Waals surface area (Å²) in [6.07, 6.45) is 8.84. The molecular formula is C45H31N5. The number of anilines is 1. The van der Waals surface area contributed by atoms with E-state index in [9.17, 15) is 0 Å². The highest BCUT2D eigenvalue weighted by Gasteiger charge is 2.56. The van der Waals surface area contributed by atoms with Gasteiger partial charge in [-0.05, 0) is 48.5 Å². The molecule has 0 N–H and O–H groups in total. The smallest absolute Gasteiger partial charge is 0.140 e. The van der Waals surface area contributed by atoms with Crippen LogP contribution < -0.4 is 4.90 Å². The van der Waals surface area contributed by atoms with Crippen molar-refractivity contribution in [1.82, 2.24) is 14.1 Å². The van der Waals surface area contributed by atoms with Gasteiger partial charge in [0.15, 0.2) is 0 Å². The predicted octanol–water partition coefficient (Wildman–Crippen LogP) is 9.55. The average molecular weight is 642 g/mol. The Labute approximate surface area is 289 Å². The molecule has 8 aromatic rings. The van der Waals surface area contributed by atoms with Crippen molar-refractivity contribution < 1.29 is 0 Å². The highest BCUT2D eigenvalue weighted by atomic mass is 15.3. The standard InChI is InChI=1S/C45H31N5/c1-3-16-30(17-4-1)48-40-28-13-9-24-36(40)46-43(48)45(44-47-37-25-10-14-29-41(37)49(44)31-18-5-2-6-19-31)34-22-8-12-27-39(34)50-38-26-11-7-20-32(38)33-21-15-23-35(45)42(33)50/h1-29,36,40H. The van der Waals surface area contributed by atoms with E-state index in [0.29, 0.717) is 0 Å². The van der Waals surface area contributed by atoms with Gasteiger partial charge in [0.25, 0.3) is 0 Å².